The van der Waals surface area contributed by atoms with Gasteiger partial charge in [0.25, 0.3) is 5.91 Å². The zero-order valence-corrected chi connectivity index (χ0v) is 11.6. The Morgan fingerprint density at radius 2 is 2.06 bits per heavy atom. The molecule has 0 bridgehead atoms. The van der Waals surface area contributed by atoms with E-state index in [1.54, 1.807) is 0 Å². The van der Waals surface area contributed by atoms with E-state index in [0.29, 0.717) is 13.2 Å². The first-order chi connectivity index (χ1) is 8.69. The number of benzene rings is 1. The van der Waals surface area contributed by atoms with Crippen LogP contribution in [0.4, 0.5) is 0 Å². The molecule has 0 fully saturated rings. The zero-order chi connectivity index (χ0) is 13.4. The van der Waals surface area contributed by atoms with E-state index in [1.165, 1.54) is 5.56 Å². The number of ether oxygens (including phenoxy) is 1. The zero-order valence-electron chi connectivity index (χ0n) is 11.6. The molecule has 0 unspecified atom stereocenters. The summed E-state index contributed by atoms with van der Waals surface area (Å²) in [4.78, 5) is 11.9. The summed E-state index contributed by atoms with van der Waals surface area (Å²) in [6.07, 6.45) is 2.00. The van der Waals surface area contributed by atoms with Crippen LogP contribution in [0.2, 0.25) is 0 Å². The summed E-state index contributed by atoms with van der Waals surface area (Å²) in [6.45, 7) is 8.04. The van der Waals surface area contributed by atoms with E-state index in [1.807, 2.05) is 19.1 Å². The van der Waals surface area contributed by atoms with E-state index in [-0.39, 0.29) is 5.91 Å². The van der Waals surface area contributed by atoms with Gasteiger partial charge in [-0.3, -0.25) is 4.79 Å². The monoisotopic (exact) mass is 249 g/mol. The van der Waals surface area contributed by atoms with Gasteiger partial charge in [-0.15, -0.1) is 0 Å². The molecule has 0 atom stereocenters. The van der Waals surface area contributed by atoms with Gasteiger partial charge in [0.05, 0.1) is 6.61 Å². The Bertz CT molecular complexity index is 388. The van der Waals surface area contributed by atoms with Gasteiger partial charge in [-0.1, -0.05) is 26.0 Å². The minimum absolute atomic E-state index is 0.0183. The summed E-state index contributed by atoms with van der Waals surface area (Å²) in [5, 5.41) is 2.87. The van der Waals surface area contributed by atoms with Crippen LogP contribution in [-0.2, 0) is 11.2 Å². The van der Waals surface area contributed by atoms with Crippen molar-refractivity contribution in [3.8, 4) is 0 Å². The van der Waals surface area contributed by atoms with E-state index in [2.05, 4.69) is 25.2 Å². The fourth-order valence-electron chi connectivity index (χ4n) is 1.78. The van der Waals surface area contributed by atoms with E-state index in [9.17, 15) is 4.79 Å². The molecule has 0 saturated heterocycles. The molecule has 0 spiro atoms. The lowest BCUT2D eigenvalue weighted by atomic mass is 10.0. The lowest BCUT2D eigenvalue weighted by molar-refractivity contribution is 0.0915. The largest absolute Gasteiger partial charge is 0.380 e. The first-order valence-corrected chi connectivity index (χ1v) is 6.64. The predicted molar refractivity (Wildman–Crippen MR) is 74.0 cm³/mol. The van der Waals surface area contributed by atoms with Crippen molar-refractivity contribution in [1.29, 1.82) is 0 Å². The second-order valence-electron chi connectivity index (χ2n) is 4.37. The van der Waals surface area contributed by atoms with Crippen LogP contribution in [0.5, 0.6) is 0 Å². The van der Waals surface area contributed by atoms with Gasteiger partial charge in [-0.25, -0.2) is 0 Å². The highest BCUT2D eigenvalue weighted by Gasteiger charge is 2.08. The molecule has 0 aliphatic rings. The molecule has 3 nitrogen and oxygen atoms in total. The summed E-state index contributed by atoms with van der Waals surface area (Å²) in [5.41, 5.74) is 3.04. The van der Waals surface area contributed by atoms with Gasteiger partial charge in [0.15, 0.2) is 0 Å². The lowest BCUT2D eigenvalue weighted by Crippen LogP contribution is -2.28. The summed E-state index contributed by atoms with van der Waals surface area (Å²) >= 11 is 0. The number of hydrogen-bond acceptors (Lipinski definition) is 2. The third-order valence-electron chi connectivity index (χ3n) is 2.82. The summed E-state index contributed by atoms with van der Waals surface area (Å²) < 4.78 is 5.32. The first-order valence-electron chi connectivity index (χ1n) is 6.64. The van der Waals surface area contributed by atoms with E-state index in [4.69, 9.17) is 4.74 Å². The van der Waals surface area contributed by atoms with Crippen LogP contribution in [0.15, 0.2) is 18.2 Å². The summed E-state index contributed by atoms with van der Waals surface area (Å²) in [6, 6.07) is 5.98. The molecule has 3 heteroatoms. The molecule has 100 valence electrons. The molecule has 0 aliphatic heterocycles. The van der Waals surface area contributed by atoms with E-state index >= 15 is 0 Å². The van der Waals surface area contributed by atoms with Crippen LogP contribution in [0.25, 0.3) is 0 Å². The molecule has 1 N–H and O–H groups in total. The number of carbonyl (C=O) groups is 1. The van der Waals surface area contributed by atoms with Crippen molar-refractivity contribution in [2.75, 3.05) is 19.8 Å². The molecule has 1 aromatic rings. The highest BCUT2D eigenvalue weighted by molar-refractivity contribution is 5.95. The van der Waals surface area contributed by atoms with Crippen LogP contribution in [0.1, 0.15) is 41.8 Å². The van der Waals surface area contributed by atoms with Crippen LogP contribution in [0, 0.1) is 6.92 Å². The van der Waals surface area contributed by atoms with E-state index in [0.717, 1.165) is 30.6 Å². The molecule has 0 radical (unpaired) electrons. The van der Waals surface area contributed by atoms with Gasteiger partial charge < -0.3 is 10.1 Å². The van der Waals surface area contributed by atoms with E-state index < -0.39 is 0 Å². The fraction of sp³-hybridized carbons (Fsp3) is 0.533. The SMILES string of the molecule is CCCOCCNC(=O)c1ccc(CC)cc1C. The molecule has 1 aromatic carbocycles. The number of aryl methyl sites for hydroxylation is 2. The standard InChI is InChI=1S/C15H23NO2/c1-4-9-18-10-8-16-15(17)14-7-6-13(5-2)11-12(14)3/h6-7,11H,4-5,8-10H2,1-3H3,(H,16,17). The Labute approximate surface area is 110 Å². The molecule has 0 saturated carbocycles. The third kappa shape index (κ3) is 4.49. The summed E-state index contributed by atoms with van der Waals surface area (Å²) in [5.74, 6) is -0.0183. The smallest absolute Gasteiger partial charge is 0.251 e. The highest BCUT2D eigenvalue weighted by atomic mass is 16.5. The average molecular weight is 249 g/mol. The second kappa shape index (κ2) is 7.88. The number of amides is 1. The maximum absolute atomic E-state index is 11.9. The molecular formula is C15H23NO2. The third-order valence-corrected chi connectivity index (χ3v) is 2.82. The Kier molecular flexibility index (Phi) is 6.44. The van der Waals surface area contributed by atoms with Crippen molar-refractivity contribution in [2.24, 2.45) is 0 Å². The van der Waals surface area contributed by atoms with Crippen molar-refractivity contribution in [3.05, 3.63) is 34.9 Å². The molecule has 0 heterocycles. The lowest BCUT2D eigenvalue weighted by Gasteiger charge is -2.09. The minimum atomic E-state index is -0.0183. The average Bonchev–Trinajstić information content (AvgIpc) is 2.38. The Morgan fingerprint density at radius 3 is 2.67 bits per heavy atom. The van der Waals surface area contributed by atoms with Crippen molar-refractivity contribution >= 4 is 5.91 Å². The topological polar surface area (TPSA) is 38.3 Å². The molecular weight excluding hydrogens is 226 g/mol. The van der Waals surface area contributed by atoms with Gasteiger partial charge in [-0.2, -0.15) is 0 Å². The highest BCUT2D eigenvalue weighted by Crippen LogP contribution is 2.11. The molecule has 0 aromatic heterocycles. The fourth-order valence-corrected chi connectivity index (χ4v) is 1.78. The second-order valence-corrected chi connectivity index (χ2v) is 4.37. The predicted octanol–water partition coefficient (Wildman–Crippen LogP) is 2.71. The molecule has 1 amide bonds. The molecule has 0 aliphatic carbocycles. The maximum Gasteiger partial charge on any atom is 0.251 e. The Morgan fingerprint density at radius 1 is 1.28 bits per heavy atom. The van der Waals surface area contributed by atoms with Crippen LogP contribution >= 0.6 is 0 Å². The van der Waals surface area contributed by atoms with Crippen molar-refractivity contribution in [1.82, 2.24) is 5.32 Å². The maximum atomic E-state index is 11.9. The van der Waals surface area contributed by atoms with Crippen molar-refractivity contribution in [3.63, 3.8) is 0 Å². The van der Waals surface area contributed by atoms with Gasteiger partial charge in [0.2, 0.25) is 0 Å². The Hall–Kier alpha value is -1.35. The molecule has 18 heavy (non-hydrogen) atoms. The van der Waals surface area contributed by atoms with Crippen molar-refractivity contribution in [2.45, 2.75) is 33.6 Å². The first kappa shape index (κ1) is 14.7. The van der Waals surface area contributed by atoms with Gasteiger partial charge in [0, 0.05) is 18.7 Å². The summed E-state index contributed by atoms with van der Waals surface area (Å²) in [7, 11) is 0. The van der Waals surface area contributed by atoms with Crippen molar-refractivity contribution < 1.29 is 9.53 Å². The quantitative estimate of drug-likeness (QED) is 0.755. The Balaban J connectivity index is 2.46. The number of nitrogens with one attached hydrogen (secondary N) is 1. The van der Waals surface area contributed by atoms with Gasteiger partial charge in [0.1, 0.15) is 0 Å². The molecule has 1 rings (SSSR count). The number of hydrogen-bond donors (Lipinski definition) is 1. The minimum Gasteiger partial charge on any atom is -0.380 e. The normalized spacial score (nSPS) is 10.4. The van der Waals surface area contributed by atoms with Gasteiger partial charge in [-0.05, 0) is 37.0 Å². The van der Waals surface area contributed by atoms with Gasteiger partial charge >= 0.3 is 0 Å². The number of rotatable bonds is 7. The number of carbonyl (C=O) groups excluding carboxylic acids is 1. The van der Waals surface area contributed by atoms with Crippen LogP contribution < -0.4 is 5.32 Å². The van der Waals surface area contributed by atoms with Crippen LogP contribution in [-0.4, -0.2) is 25.7 Å². The van der Waals surface area contributed by atoms with Crippen LogP contribution in [0.3, 0.4) is 0 Å².